The van der Waals surface area contributed by atoms with Gasteiger partial charge < -0.3 is 10.4 Å². The molecule has 0 aliphatic heterocycles. The first kappa shape index (κ1) is 20.2. The van der Waals surface area contributed by atoms with E-state index in [9.17, 15) is 9.90 Å². The minimum atomic E-state index is -0.132. The van der Waals surface area contributed by atoms with Gasteiger partial charge in [-0.1, -0.05) is 49.7 Å². The van der Waals surface area contributed by atoms with Crippen LogP contribution in [0.2, 0.25) is 0 Å². The second-order valence-corrected chi connectivity index (χ2v) is 7.93. The number of aromatic hydroxyl groups is 1. The van der Waals surface area contributed by atoms with Gasteiger partial charge in [0.2, 0.25) is 0 Å². The maximum atomic E-state index is 12.9. The van der Waals surface area contributed by atoms with E-state index in [1.54, 1.807) is 12.3 Å². The Labute approximate surface area is 183 Å². The second-order valence-electron chi connectivity index (χ2n) is 7.14. The van der Waals surface area contributed by atoms with E-state index in [4.69, 9.17) is 0 Å². The van der Waals surface area contributed by atoms with Crippen molar-refractivity contribution in [1.29, 1.82) is 0 Å². The lowest BCUT2D eigenvalue weighted by molar-refractivity contribution is 0.0950. The van der Waals surface area contributed by atoms with Crippen LogP contribution in [-0.2, 0) is 13.0 Å². The average Bonchev–Trinajstić information content (AvgIpc) is 3.19. The lowest BCUT2D eigenvalue weighted by atomic mass is 10.1. The molecule has 2 N–H and O–H groups in total. The van der Waals surface area contributed by atoms with Crippen molar-refractivity contribution in [3.05, 3.63) is 88.2 Å². The number of nitrogens with zero attached hydrogens (tertiary/aromatic N) is 2. The van der Waals surface area contributed by atoms with E-state index in [1.165, 1.54) is 0 Å². The molecule has 0 fully saturated rings. The van der Waals surface area contributed by atoms with Crippen LogP contribution in [0, 0.1) is 0 Å². The average molecular weight is 464 g/mol. The topological polar surface area (TPSA) is 67.2 Å². The smallest absolute Gasteiger partial charge is 0.255 e. The Morgan fingerprint density at radius 3 is 2.70 bits per heavy atom. The quantitative estimate of drug-likeness (QED) is 0.403. The molecule has 1 heterocycles. The molecule has 0 aliphatic carbocycles. The van der Waals surface area contributed by atoms with Crippen LogP contribution in [0.1, 0.15) is 35.0 Å². The number of para-hydroxylation sites is 1. The van der Waals surface area contributed by atoms with E-state index < -0.39 is 0 Å². The zero-order chi connectivity index (χ0) is 21.1. The summed E-state index contributed by atoms with van der Waals surface area (Å²) in [6.07, 6.45) is 3.34. The number of carbonyl (C=O) groups is 1. The number of hydrogen-bond acceptors (Lipinski definition) is 3. The van der Waals surface area contributed by atoms with Gasteiger partial charge in [0.25, 0.3) is 5.91 Å². The van der Waals surface area contributed by atoms with Gasteiger partial charge in [-0.15, -0.1) is 0 Å². The number of carbonyl (C=O) groups excluding carboxylic acids is 1. The van der Waals surface area contributed by atoms with Crippen molar-refractivity contribution in [2.75, 3.05) is 0 Å². The van der Waals surface area contributed by atoms with Gasteiger partial charge in [-0.2, -0.15) is 5.10 Å². The Hall–Kier alpha value is -3.12. The summed E-state index contributed by atoms with van der Waals surface area (Å²) in [6.45, 7) is 2.50. The third-order valence-corrected chi connectivity index (χ3v) is 5.89. The number of rotatable bonds is 6. The highest BCUT2D eigenvalue weighted by Gasteiger charge is 2.17. The number of hydrogen-bond donors (Lipinski definition) is 2. The van der Waals surface area contributed by atoms with Gasteiger partial charge in [0.15, 0.2) is 0 Å². The van der Waals surface area contributed by atoms with Crippen molar-refractivity contribution in [3.63, 3.8) is 0 Å². The molecule has 6 heteroatoms. The molecule has 3 aromatic carbocycles. The van der Waals surface area contributed by atoms with Crippen LogP contribution < -0.4 is 5.32 Å². The standard InChI is InChI=1S/C24H22BrN3O2/c1-2-6-21-20(15-27-28(21)18-7-4-3-5-8-18)24(30)26-14-16-9-11-19-17(13-16)10-12-22(29)23(19)25/h3-5,7-13,15,29H,2,6,14H2,1H3,(H,26,30). The van der Waals surface area contributed by atoms with Crippen LogP contribution >= 0.6 is 15.9 Å². The Morgan fingerprint density at radius 2 is 1.93 bits per heavy atom. The molecular weight excluding hydrogens is 442 g/mol. The highest BCUT2D eigenvalue weighted by atomic mass is 79.9. The summed E-state index contributed by atoms with van der Waals surface area (Å²) in [5.41, 5.74) is 3.46. The van der Waals surface area contributed by atoms with Gasteiger partial charge in [0.05, 0.1) is 27.6 Å². The predicted molar refractivity (Wildman–Crippen MR) is 122 cm³/mol. The molecule has 4 aromatic rings. The monoisotopic (exact) mass is 463 g/mol. The van der Waals surface area contributed by atoms with Crippen molar-refractivity contribution < 1.29 is 9.90 Å². The zero-order valence-corrected chi connectivity index (χ0v) is 18.2. The molecule has 5 nitrogen and oxygen atoms in total. The molecule has 0 saturated heterocycles. The van der Waals surface area contributed by atoms with Gasteiger partial charge >= 0.3 is 0 Å². The second kappa shape index (κ2) is 8.71. The molecule has 0 atom stereocenters. The summed E-state index contributed by atoms with van der Waals surface area (Å²) in [7, 11) is 0. The van der Waals surface area contributed by atoms with Crippen molar-refractivity contribution in [3.8, 4) is 11.4 Å². The normalized spacial score (nSPS) is 11.0. The molecule has 1 amide bonds. The van der Waals surface area contributed by atoms with E-state index in [0.29, 0.717) is 16.6 Å². The summed E-state index contributed by atoms with van der Waals surface area (Å²) in [4.78, 5) is 12.9. The van der Waals surface area contributed by atoms with Crippen molar-refractivity contribution in [1.82, 2.24) is 15.1 Å². The van der Waals surface area contributed by atoms with Gasteiger partial charge in [0.1, 0.15) is 5.75 Å². The molecule has 1 aromatic heterocycles. The molecule has 0 saturated carbocycles. The van der Waals surface area contributed by atoms with E-state index in [1.807, 2.05) is 59.3 Å². The Morgan fingerprint density at radius 1 is 1.13 bits per heavy atom. The number of phenols is 1. The van der Waals surface area contributed by atoms with E-state index in [0.717, 1.165) is 40.6 Å². The maximum absolute atomic E-state index is 12.9. The Kier molecular flexibility index (Phi) is 5.86. The first-order valence-corrected chi connectivity index (χ1v) is 10.7. The van der Waals surface area contributed by atoms with Crippen LogP contribution in [0.3, 0.4) is 0 Å². The Bertz CT molecular complexity index is 1200. The summed E-state index contributed by atoms with van der Waals surface area (Å²) >= 11 is 3.41. The minimum Gasteiger partial charge on any atom is -0.507 e. The van der Waals surface area contributed by atoms with Crippen molar-refractivity contribution in [2.45, 2.75) is 26.3 Å². The number of amides is 1. The van der Waals surface area contributed by atoms with Crippen LogP contribution in [0.25, 0.3) is 16.5 Å². The number of nitrogens with one attached hydrogen (secondary N) is 1. The molecule has 152 valence electrons. The number of benzene rings is 3. The third kappa shape index (κ3) is 3.96. The molecule has 0 unspecified atom stereocenters. The molecule has 0 radical (unpaired) electrons. The summed E-state index contributed by atoms with van der Waals surface area (Å²) in [5, 5.41) is 19.2. The molecular formula is C24H22BrN3O2. The van der Waals surface area contributed by atoms with Crippen molar-refractivity contribution in [2.24, 2.45) is 0 Å². The fourth-order valence-corrected chi connectivity index (χ4v) is 4.04. The predicted octanol–water partition coefficient (Wildman–Crippen LogP) is 5.38. The third-order valence-electron chi connectivity index (χ3n) is 5.05. The fourth-order valence-electron chi connectivity index (χ4n) is 3.55. The highest BCUT2D eigenvalue weighted by Crippen LogP contribution is 2.32. The van der Waals surface area contributed by atoms with Gasteiger partial charge in [-0.25, -0.2) is 4.68 Å². The minimum absolute atomic E-state index is 0.132. The summed E-state index contributed by atoms with van der Waals surface area (Å²) in [5.74, 6) is 0.0787. The number of halogens is 1. The Balaban J connectivity index is 1.55. The molecule has 4 rings (SSSR count). The molecule has 0 spiro atoms. The van der Waals surface area contributed by atoms with Crippen LogP contribution in [0.5, 0.6) is 5.75 Å². The summed E-state index contributed by atoms with van der Waals surface area (Å²) < 4.78 is 2.52. The van der Waals surface area contributed by atoms with Crippen LogP contribution in [0.15, 0.2) is 71.3 Å². The van der Waals surface area contributed by atoms with E-state index in [2.05, 4.69) is 33.3 Å². The largest absolute Gasteiger partial charge is 0.507 e. The highest BCUT2D eigenvalue weighted by molar-refractivity contribution is 9.10. The van der Waals surface area contributed by atoms with E-state index >= 15 is 0 Å². The lowest BCUT2D eigenvalue weighted by Crippen LogP contribution is -2.24. The number of fused-ring (bicyclic) bond motifs is 1. The van der Waals surface area contributed by atoms with E-state index in [-0.39, 0.29) is 11.7 Å². The fraction of sp³-hybridized carbons (Fsp3) is 0.167. The molecule has 0 aliphatic rings. The molecule has 0 bridgehead atoms. The van der Waals surface area contributed by atoms with Crippen molar-refractivity contribution >= 4 is 32.6 Å². The number of phenolic OH excluding ortho intramolecular Hbond substituents is 1. The summed E-state index contributed by atoms with van der Waals surface area (Å²) in [6, 6.07) is 19.3. The SMILES string of the molecule is CCCc1c(C(=O)NCc2ccc3c(Br)c(O)ccc3c2)cnn1-c1ccccc1. The first-order chi connectivity index (χ1) is 14.6. The molecule has 30 heavy (non-hydrogen) atoms. The van der Waals surface area contributed by atoms with Gasteiger partial charge in [-0.3, -0.25) is 4.79 Å². The van der Waals surface area contributed by atoms with Crippen LogP contribution in [-0.4, -0.2) is 20.8 Å². The van der Waals surface area contributed by atoms with Crippen LogP contribution in [0.4, 0.5) is 0 Å². The van der Waals surface area contributed by atoms with Gasteiger partial charge in [0, 0.05) is 6.54 Å². The number of aromatic nitrogens is 2. The zero-order valence-electron chi connectivity index (χ0n) is 16.6. The maximum Gasteiger partial charge on any atom is 0.255 e. The lowest BCUT2D eigenvalue weighted by Gasteiger charge is -2.10. The first-order valence-electron chi connectivity index (χ1n) is 9.89. The van der Waals surface area contributed by atoms with Gasteiger partial charge in [-0.05, 0) is 63.0 Å².